The van der Waals surface area contributed by atoms with Crippen LogP contribution in [0.4, 0.5) is 0 Å². The topological polar surface area (TPSA) is 38.3 Å². The van der Waals surface area contributed by atoms with E-state index in [-0.39, 0.29) is 12.0 Å². The fourth-order valence-corrected chi connectivity index (χ4v) is 2.99. The van der Waals surface area contributed by atoms with Crippen molar-refractivity contribution in [3.63, 3.8) is 0 Å². The first-order valence-electron chi connectivity index (χ1n) is 6.63. The Morgan fingerprint density at radius 1 is 1.00 bits per heavy atom. The number of benzene rings is 2. The lowest BCUT2D eigenvalue weighted by Gasteiger charge is -2.37. The van der Waals surface area contributed by atoms with Crippen molar-refractivity contribution in [2.75, 3.05) is 5.75 Å². The molecule has 1 fully saturated rings. The van der Waals surface area contributed by atoms with Gasteiger partial charge in [0.05, 0.1) is 6.04 Å². The van der Waals surface area contributed by atoms with E-state index in [1.54, 1.807) is 0 Å². The number of rotatable bonds is 3. The van der Waals surface area contributed by atoms with E-state index in [1.165, 1.54) is 0 Å². The standard InChI is InChI=1S/C15H15BNO2S/c18-15-14(11-20)17-16(19-15,12-7-3-1-4-8-12)13-9-5-2-6-10-13/h1-10,14,17,20H,11H2/q-1. The molecule has 0 saturated carbocycles. The molecule has 1 unspecified atom stereocenters. The number of hydrogen-bond donors (Lipinski definition) is 2. The van der Waals surface area contributed by atoms with Gasteiger partial charge in [-0.25, -0.2) is 0 Å². The third-order valence-corrected chi connectivity index (χ3v) is 4.10. The average molecular weight is 284 g/mol. The first kappa shape index (κ1) is 13.3. The van der Waals surface area contributed by atoms with Crippen LogP contribution in [0.3, 0.4) is 0 Å². The summed E-state index contributed by atoms with van der Waals surface area (Å²) >= 11 is 4.22. The van der Waals surface area contributed by atoms with Gasteiger partial charge in [0, 0.05) is 5.75 Å². The summed E-state index contributed by atoms with van der Waals surface area (Å²) in [6.45, 7) is -1.71. The summed E-state index contributed by atoms with van der Waals surface area (Å²) in [5.74, 6) is 0.176. The molecule has 0 spiro atoms. The summed E-state index contributed by atoms with van der Waals surface area (Å²) in [4.78, 5) is 12.0. The van der Waals surface area contributed by atoms with Gasteiger partial charge in [-0.1, -0.05) is 60.7 Å². The lowest BCUT2D eigenvalue weighted by molar-refractivity contribution is -0.133. The van der Waals surface area contributed by atoms with Gasteiger partial charge in [0.2, 0.25) is 0 Å². The molecule has 1 N–H and O–H groups in total. The molecule has 0 bridgehead atoms. The van der Waals surface area contributed by atoms with Crippen molar-refractivity contribution in [1.29, 1.82) is 0 Å². The first-order chi connectivity index (χ1) is 9.76. The van der Waals surface area contributed by atoms with E-state index < -0.39 is 6.48 Å². The summed E-state index contributed by atoms with van der Waals surface area (Å²) in [6, 6.07) is 19.2. The highest BCUT2D eigenvalue weighted by Gasteiger charge is 2.42. The highest BCUT2D eigenvalue weighted by atomic mass is 32.1. The van der Waals surface area contributed by atoms with Gasteiger partial charge in [0.15, 0.2) is 0 Å². The summed E-state index contributed by atoms with van der Waals surface area (Å²) < 4.78 is 5.79. The number of hydrogen-bond acceptors (Lipinski definition) is 4. The van der Waals surface area contributed by atoms with Gasteiger partial charge in [-0.3, -0.25) is 4.79 Å². The van der Waals surface area contributed by atoms with E-state index in [1.807, 2.05) is 60.7 Å². The minimum Gasteiger partial charge on any atom is -0.667 e. The minimum atomic E-state index is -1.71. The van der Waals surface area contributed by atoms with Gasteiger partial charge in [0.25, 0.3) is 12.5 Å². The Hall–Kier alpha value is -1.72. The van der Waals surface area contributed by atoms with Crippen LogP contribution in [-0.2, 0) is 9.45 Å². The van der Waals surface area contributed by atoms with Gasteiger partial charge < -0.3 is 9.88 Å². The van der Waals surface area contributed by atoms with E-state index in [4.69, 9.17) is 4.65 Å². The molecule has 0 aromatic heterocycles. The van der Waals surface area contributed by atoms with Crippen LogP contribution in [0.1, 0.15) is 0 Å². The molecule has 1 saturated heterocycles. The van der Waals surface area contributed by atoms with Crippen molar-refractivity contribution in [2.45, 2.75) is 6.04 Å². The smallest absolute Gasteiger partial charge is 0.293 e. The number of carbonyl (C=O) groups is 1. The summed E-state index contributed by atoms with van der Waals surface area (Å²) in [5.41, 5.74) is 1.94. The van der Waals surface area contributed by atoms with E-state index >= 15 is 0 Å². The van der Waals surface area contributed by atoms with Crippen LogP contribution in [0.2, 0.25) is 0 Å². The second-order valence-corrected chi connectivity index (χ2v) is 5.31. The second-order valence-electron chi connectivity index (χ2n) is 4.95. The van der Waals surface area contributed by atoms with Gasteiger partial charge in [-0.2, -0.15) is 12.6 Å². The zero-order valence-corrected chi connectivity index (χ0v) is 11.8. The first-order valence-corrected chi connectivity index (χ1v) is 7.27. The van der Waals surface area contributed by atoms with Gasteiger partial charge in [-0.05, 0) is 0 Å². The van der Waals surface area contributed by atoms with Crippen molar-refractivity contribution in [3.05, 3.63) is 60.7 Å². The fraction of sp³-hybridized carbons (Fsp3) is 0.133. The van der Waals surface area contributed by atoms with E-state index in [0.717, 1.165) is 10.9 Å². The highest BCUT2D eigenvalue weighted by molar-refractivity contribution is 7.80. The van der Waals surface area contributed by atoms with Crippen molar-refractivity contribution >= 4 is 36.0 Å². The Kier molecular flexibility index (Phi) is 3.55. The fourth-order valence-electron chi connectivity index (χ4n) is 2.74. The molecule has 3 rings (SSSR count). The zero-order chi connectivity index (χ0) is 14.0. The van der Waals surface area contributed by atoms with Crippen LogP contribution in [0, 0.1) is 0 Å². The maximum atomic E-state index is 12.0. The molecule has 1 aliphatic heterocycles. The predicted molar refractivity (Wildman–Crippen MR) is 84.8 cm³/mol. The molecule has 1 aliphatic rings. The number of thiol groups is 1. The molecule has 0 aliphatic carbocycles. The Morgan fingerprint density at radius 2 is 1.50 bits per heavy atom. The Labute approximate surface area is 123 Å². The van der Waals surface area contributed by atoms with E-state index in [2.05, 4.69) is 17.9 Å². The maximum absolute atomic E-state index is 12.0. The second kappa shape index (κ2) is 5.35. The molecule has 2 aromatic rings. The molecular formula is C15H15BNO2S-. The molecule has 2 aromatic carbocycles. The largest absolute Gasteiger partial charge is 0.667 e. The molecule has 102 valence electrons. The van der Waals surface area contributed by atoms with E-state index in [9.17, 15) is 4.79 Å². The molecule has 0 radical (unpaired) electrons. The van der Waals surface area contributed by atoms with Gasteiger partial charge in [-0.15, -0.1) is 10.9 Å². The Morgan fingerprint density at radius 3 is 1.90 bits per heavy atom. The van der Waals surface area contributed by atoms with Crippen LogP contribution in [0.5, 0.6) is 0 Å². The molecular weight excluding hydrogens is 269 g/mol. The maximum Gasteiger partial charge on any atom is 0.293 e. The lowest BCUT2D eigenvalue weighted by Crippen LogP contribution is -2.68. The predicted octanol–water partition coefficient (Wildman–Crippen LogP) is 0.688. The van der Waals surface area contributed by atoms with Crippen LogP contribution in [-0.4, -0.2) is 24.2 Å². The summed E-state index contributed by atoms with van der Waals surface area (Å²) in [5, 5.41) is 3.35. The van der Waals surface area contributed by atoms with E-state index in [0.29, 0.717) is 5.75 Å². The number of nitrogens with one attached hydrogen (secondary N) is 1. The quantitative estimate of drug-likeness (QED) is 0.643. The summed E-state index contributed by atoms with van der Waals surface area (Å²) in [7, 11) is 0. The van der Waals surface area contributed by atoms with Crippen LogP contribution in [0.15, 0.2) is 60.7 Å². The number of carbonyl (C=O) groups excluding carboxylic acids is 1. The molecule has 5 heteroatoms. The molecule has 20 heavy (non-hydrogen) atoms. The van der Waals surface area contributed by atoms with Gasteiger partial charge in [0.1, 0.15) is 0 Å². The van der Waals surface area contributed by atoms with Gasteiger partial charge >= 0.3 is 0 Å². The van der Waals surface area contributed by atoms with Crippen molar-refractivity contribution in [1.82, 2.24) is 5.23 Å². The van der Waals surface area contributed by atoms with Crippen molar-refractivity contribution in [3.8, 4) is 0 Å². The molecule has 3 nitrogen and oxygen atoms in total. The Bertz CT molecular complexity index is 566. The average Bonchev–Trinajstić information content (AvgIpc) is 2.87. The third-order valence-electron chi connectivity index (χ3n) is 3.73. The normalized spacial score (nSPS) is 20.6. The van der Waals surface area contributed by atoms with Crippen LogP contribution < -0.4 is 16.2 Å². The van der Waals surface area contributed by atoms with Crippen LogP contribution >= 0.6 is 12.6 Å². The van der Waals surface area contributed by atoms with Crippen molar-refractivity contribution in [2.24, 2.45) is 0 Å². The molecule has 1 heterocycles. The Balaban J connectivity index is 2.13. The lowest BCUT2D eigenvalue weighted by atomic mass is 9.42. The SMILES string of the molecule is O=C1O[B-](c2ccccc2)(c2ccccc2)NC1CS. The molecule has 0 amide bonds. The highest BCUT2D eigenvalue weighted by Crippen LogP contribution is 2.15. The van der Waals surface area contributed by atoms with Crippen molar-refractivity contribution < 1.29 is 9.45 Å². The summed E-state index contributed by atoms with van der Waals surface area (Å²) in [6.07, 6.45) is 0. The molecule has 1 atom stereocenters. The third kappa shape index (κ3) is 2.13. The minimum absolute atomic E-state index is 0.243. The zero-order valence-electron chi connectivity index (χ0n) is 10.9. The monoisotopic (exact) mass is 284 g/mol. The van der Waals surface area contributed by atoms with Crippen LogP contribution in [0.25, 0.3) is 0 Å².